The van der Waals surface area contributed by atoms with Gasteiger partial charge in [0.05, 0.1) is 10.6 Å². The molecule has 0 fully saturated rings. The second kappa shape index (κ2) is 3.81. The monoisotopic (exact) mass is 229 g/mol. The first kappa shape index (κ1) is 9.39. The molecule has 0 aliphatic heterocycles. The molecule has 66 valence electrons. The van der Waals surface area contributed by atoms with E-state index < -0.39 is 0 Å². The quantitative estimate of drug-likeness (QED) is 0.793. The molecule has 0 bridgehead atoms. The molecule has 1 rings (SSSR count). The number of nitrogens with two attached hydrogens (primary N) is 1. The molecule has 0 unspecified atom stereocenters. The first-order valence-electron chi connectivity index (χ1n) is 3.82. The Hall–Kier alpha value is -0.700. The Balaban J connectivity index is 2.92. The van der Waals surface area contributed by atoms with E-state index in [0.717, 1.165) is 10.2 Å². The fourth-order valence-electron chi connectivity index (χ4n) is 0.873. The highest BCUT2D eigenvalue weighted by Gasteiger charge is 2.04. The van der Waals surface area contributed by atoms with Crippen molar-refractivity contribution in [2.24, 2.45) is 0 Å². The largest absolute Gasteiger partial charge is 0.490 e. The van der Waals surface area contributed by atoms with Crippen molar-refractivity contribution >= 4 is 21.6 Å². The van der Waals surface area contributed by atoms with E-state index in [2.05, 4.69) is 15.9 Å². The van der Waals surface area contributed by atoms with Gasteiger partial charge in [-0.2, -0.15) is 0 Å². The summed E-state index contributed by atoms with van der Waals surface area (Å²) in [6.07, 6.45) is 0.170. The average molecular weight is 230 g/mol. The number of halogens is 1. The van der Waals surface area contributed by atoms with Crippen LogP contribution in [-0.4, -0.2) is 6.10 Å². The topological polar surface area (TPSA) is 35.2 Å². The number of hydrogen-bond donors (Lipinski definition) is 1. The third-order valence-electron chi connectivity index (χ3n) is 1.36. The average Bonchev–Trinajstić information content (AvgIpc) is 1.98. The summed E-state index contributed by atoms with van der Waals surface area (Å²) < 4.78 is 6.33. The molecule has 0 saturated heterocycles. The van der Waals surface area contributed by atoms with Crippen LogP contribution in [0, 0.1) is 0 Å². The summed E-state index contributed by atoms with van der Waals surface area (Å²) in [4.78, 5) is 0. The van der Waals surface area contributed by atoms with Crippen LogP contribution in [0.4, 0.5) is 5.69 Å². The molecule has 0 aliphatic carbocycles. The van der Waals surface area contributed by atoms with Gasteiger partial charge in [-0.05, 0) is 41.9 Å². The van der Waals surface area contributed by atoms with E-state index in [1.807, 2.05) is 32.0 Å². The van der Waals surface area contributed by atoms with E-state index in [4.69, 9.17) is 10.5 Å². The lowest BCUT2D eigenvalue weighted by atomic mass is 10.3. The second-order valence-electron chi connectivity index (χ2n) is 2.83. The summed E-state index contributed by atoms with van der Waals surface area (Å²) in [5.41, 5.74) is 6.37. The number of rotatable bonds is 2. The maximum absolute atomic E-state index is 5.67. The van der Waals surface area contributed by atoms with Crippen molar-refractivity contribution in [3.8, 4) is 5.75 Å². The third-order valence-corrected chi connectivity index (χ3v) is 2.20. The van der Waals surface area contributed by atoms with Gasteiger partial charge in [-0.1, -0.05) is 6.07 Å². The van der Waals surface area contributed by atoms with E-state index in [1.165, 1.54) is 0 Å². The van der Waals surface area contributed by atoms with Crippen molar-refractivity contribution in [1.82, 2.24) is 0 Å². The fraction of sp³-hybridized carbons (Fsp3) is 0.333. The van der Waals surface area contributed by atoms with Crippen LogP contribution >= 0.6 is 15.9 Å². The number of hydrogen-bond acceptors (Lipinski definition) is 2. The normalized spacial score (nSPS) is 10.3. The minimum absolute atomic E-state index is 0.170. The van der Waals surface area contributed by atoms with E-state index in [-0.39, 0.29) is 6.10 Å². The Kier molecular flexibility index (Phi) is 2.98. The Morgan fingerprint density at radius 1 is 1.42 bits per heavy atom. The van der Waals surface area contributed by atoms with Crippen molar-refractivity contribution in [3.05, 3.63) is 22.7 Å². The van der Waals surface area contributed by atoms with E-state index in [9.17, 15) is 0 Å². The summed E-state index contributed by atoms with van der Waals surface area (Å²) in [5, 5.41) is 0. The van der Waals surface area contributed by atoms with Crippen LogP contribution < -0.4 is 10.5 Å². The molecule has 1 aromatic rings. The molecule has 12 heavy (non-hydrogen) atoms. The van der Waals surface area contributed by atoms with Crippen LogP contribution in [0.3, 0.4) is 0 Å². The highest BCUT2D eigenvalue weighted by molar-refractivity contribution is 9.10. The maximum atomic E-state index is 5.67. The van der Waals surface area contributed by atoms with Gasteiger partial charge in [0.1, 0.15) is 5.75 Å². The Bertz CT molecular complexity index is 273. The summed E-state index contributed by atoms with van der Waals surface area (Å²) in [6.45, 7) is 3.96. The first-order valence-corrected chi connectivity index (χ1v) is 4.61. The molecule has 0 spiro atoms. The van der Waals surface area contributed by atoms with Gasteiger partial charge < -0.3 is 10.5 Å². The van der Waals surface area contributed by atoms with E-state index in [1.54, 1.807) is 0 Å². The van der Waals surface area contributed by atoms with Crippen LogP contribution in [-0.2, 0) is 0 Å². The summed E-state index contributed by atoms with van der Waals surface area (Å²) in [5.74, 6) is 0.796. The summed E-state index contributed by atoms with van der Waals surface area (Å²) >= 11 is 3.36. The predicted molar refractivity (Wildman–Crippen MR) is 54.3 cm³/mol. The molecule has 0 atom stereocenters. The Labute approximate surface area is 80.8 Å². The number of anilines is 1. The van der Waals surface area contributed by atoms with Crippen molar-refractivity contribution in [3.63, 3.8) is 0 Å². The summed E-state index contributed by atoms with van der Waals surface area (Å²) in [6, 6.07) is 5.59. The zero-order chi connectivity index (χ0) is 9.14. The number of benzene rings is 1. The molecule has 2 N–H and O–H groups in total. The zero-order valence-electron chi connectivity index (χ0n) is 7.17. The molecule has 0 saturated carbocycles. The van der Waals surface area contributed by atoms with Crippen LogP contribution in [0.25, 0.3) is 0 Å². The van der Waals surface area contributed by atoms with Gasteiger partial charge in [-0.3, -0.25) is 0 Å². The lowest BCUT2D eigenvalue weighted by Gasteiger charge is -2.11. The molecule has 2 nitrogen and oxygen atoms in total. The lowest BCUT2D eigenvalue weighted by Crippen LogP contribution is -2.06. The highest BCUT2D eigenvalue weighted by Crippen LogP contribution is 2.30. The van der Waals surface area contributed by atoms with Gasteiger partial charge in [-0.25, -0.2) is 0 Å². The van der Waals surface area contributed by atoms with Crippen LogP contribution in [0.5, 0.6) is 5.75 Å². The second-order valence-corrected chi connectivity index (χ2v) is 3.62. The van der Waals surface area contributed by atoms with Gasteiger partial charge in [-0.15, -0.1) is 0 Å². The lowest BCUT2D eigenvalue weighted by molar-refractivity contribution is 0.241. The predicted octanol–water partition coefficient (Wildman–Crippen LogP) is 2.82. The smallest absolute Gasteiger partial charge is 0.135 e. The zero-order valence-corrected chi connectivity index (χ0v) is 8.76. The molecular weight excluding hydrogens is 218 g/mol. The molecular formula is C9H12BrNO. The van der Waals surface area contributed by atoms with Gasteiger partial charge in [0.2, 0.25) is 0 Å². The van der Waals surface area contributed by atoms with Crippen LogP contribution in [0.2, 0.25) is 0 Å². The molecule has 0 aliphatic rings. The van der Waals surface area contributed by atoms with Crippen molar-refractivity contribution in [2.45, 2.75) is 20.0 Å². The number of ether oxygens (including phenoxy) is 1. The van der Waals surface area contributed by atoms with Crippen molar-refractivity contribution in [1.29, 1.82) is 0 Å². The van der Waals surface area contributed by atoms with E-state index in [0.29, 0.717) is 5.69 Å². The molecule has 0 aromatic heterocycles. The standard InChI is InChI=1S/C9H12BrNO/c1-6(2)12-8-5-3-4-7(11)9(8)10/h3-6H,11H2,1-2H3. The minimum Gasteiger partial charge on any atom is -0.490 e. The van der Waals surface area contributed by atoms with Gasteiger partial charge >= 0.3 is 0 Å². The van der Waals surface area contributed by atoms with Gasteiger partial charge in [0.25, 0.3) is 0 Å². The van der Waals surface area contributed by atoms with Crippen LogP contribution in [0.1, 0.15) is 13.8 Å². The molecule has 0 heterocycles. The molecule has 0 amide bonds. The minimum atomic E-state index is 0.170. The van der Waals surface area contributed by atoms with Crippen LogP contribution in [0.15, 0.2) is 22.7 Å². The molecule has 0 radical (unpaired) electrons. The number of nitrogen functional groups attached to an aromatic ring is 1. The molecule has 3 heteroatoms. The van der Waals surface area contributed by atoms with Gasteiger partial charge in [0, 0.05) is 5.69 Å². The summed E-state index contributed by atoms with van der Waals surface area (Å²) in [7, 11) is 0. The first-order chi connectivity index (χ1) is 5.61. The SMILES string of the molecule is CC(C)Oc1cccc(N)c1Br. The van der Waals surface area contributed by atoms with Gasteiger partial charge in [0.15, 0.2) is 0 Å². The maximum Gasteiger partial charge on any atom is 0.135 e. The molecule has 1 aromatic carbocycles. The Morgan fingerprint density at radius 2 is 2.08 bits per heavy atom. The Morgan fingerprint density at radius 3 is 2.67 bits per heavy atom. The fourth-order valence-corrected chi connectivity index (χ4v) is 1.23. The highest BCUT2D eigenvalue weighted by atomic mass is 79.9. The van der Waals surface area contributed by atoms with Crippen molar-refractivity contribution in [2.75, 3.05) is 5.73 Å². The third kappa shape index (κ3) is 2.14. The van der Waals surface area contributed by atoms with E-state index >= 15 is 0 Å². The van der Waals surface area contributed by atoms with Crippen molar-refractivity contribution < 1.29 is 4.74 Å².